The van der Waals surface area contributed by atoms with Crippen molar-refractivity contribution in [2.75, 3.05) is 0 Å². The minimum Gasteiger partial charge on any atom is -0.306 e. The molecule has 5 heteroatoms. The standard InChI is InChI=1S/C15H18N2O2S/c1-10-8-14(12(3)20-10)11(2)16-9-13-6-4-5-7-15(13)17(18)19/h4-8,11,16H,9H2,1-3H3. The van der Waals surface area contributed by atoms with Crippen LogP contribution in [0.3, 0.4) is 0 Å². The molecule has 0 spiro atoms. The fourth-order valence-corrected chi connectivity index (χ4v) is 3.31. The zero-order valence-electron chi connectivity index (χ0n) is 11.8. The van der Waals surface area contributed by atoms with Gasteiger partial charge in [0, 0.05) is 34.0 Å². The number of hydrogen-bond acceptors (Lipinski definition) is 4. The van der Waals surface area contributed by atoms with Gasteiger partial charge in [-0.1, -0.05) is 18.2 Å². The molecule has 1 heterocycles. The number of nitro benzene ring substituents is 1. The van der Waals surface area contributed by atoms with Gasteiger partial charge in [0.05, 0.1) is 4.92 Å². The summed E-state index contributed by atoms with van der Waals surface area (Å²) in [5.41, 5.74) is 2.16. The quantitative estimate of drug-likeness (QED) is 0.665. The third kappa shape index (κ3) is 3.23. The number of nitro groups is 1. The Balaban J connectivity index is 2.09. The van der Waals surface area contributed by atoms with Crippen molar-refractivity contribution < 1.29 is 4.92 Å². The maximum absolute atomic E-state index is 11.0. The average molecular weight is 290 g/mol. The Bertz CT molecular complexity index is 622. The molecule has 0 bridgehead atoms. The molecule has 0 amide bonds. The first kappa shape index (κ1) is 14.7. The van der Waals surface area contributed by atoms with Crippen molar-refractivity contribution in [3.63, 3.8) is 0 Å². The van der Waals surface area contributed by atoms with Gasteiger partial charge in [0.1, 0.15) is 0 Å². The van der Waals surface area contributed by atoms with Crippen LogP contribution >= 0.6 is 11.3 Å². The molecular formula is C15H18N2O2S. The van der Waals surface area contributed by atoms with E-state index in [1.54, 1.807) is 29.5 Å². The molecule has 0 radical (unpaired) electrons. The van der Waals surface area contributed by atoms with Crippen LogP contribution in [-0.4, -0.2) is 4.92 Å². The van der Waals surface area contributed by atoms with Gasteiger partial charge in [-0.05, 0) is 32.4 Å². The van der Waals surface area contributed by atoms with E-state index in [1.165, 1.54) is 15.3 Å². The molecule has 106 valence electrons. The lowest BCUT2D eigenvalue weighted by Gasteiger charge is -2.14. The predicted octanol–water partition coefficient (Wildman–Crippen LogP) is 4.12. The monoisotopic (exact) mass is 290 g/mol. The van der Waals surface area contributed by atoms with E-state index in [0.29, 0.717) is 12.1 Å². The van der Waals surface area contributed by atoms with Gasteiger partial charge in [-0.2, -0.15) is 0 Å². The first-order chi connectivity index (χ1) is 9.49. The molecule has 1 N–H and O–H groups in total. The number of aryl methyl sites for hydroxylation is 2. The first-order valence-electron chi connectivity index (χ1n) is 6.51. The second kappa shape index (κ2) is 6.15. The van der Waals surface area contributed by atoms with E-state index in [0.717, 1.165) is 0 Å². The molecule has 0 aliphatic rings. The molecule has 1 aromatic heterocycles. The SMILES string of the molecule is Cc1cc(C(C)NCc2ccccc2[N+](=O)[O-])c(C)s1. The zero-order chi connectivity index (χ0) is 14.7. The third-order valence-electron chi connectivity index (χ3n) is 3.33. The molecule has 0 fully saturated rings. The first-order valence-corrected chi connectivity index (χ1v) is 7.33. The van der Waals surface area contributed by atoms with Crippen molar-refractivity contribution in [3.8, 4) is 0 Å². The smallest absolute Gasteiger partial charge is 0.273 e. The van der Waals surface area contributed by atoms with Crippen LogP contribution in [0.5, 0.6) is 0 Å². The third-order valence-corrected chi connectivity index (χ3v) is 4.31. The largest absolute Gasteiger partial charge is 0.306 e. The maximum atomic E-state index is 11.0. The molecular weight excluding hydrogens is 272 g/mol. The van der Waals surface area contributed by atoms with Crippen molar-refractivity contribution in [2.45, 2.75) is 33.4 Å². The van der Waals surface area contributed by atoms with E-state index in [4.69, 9.17) is 0 Å². The Hall–Kier alpha value is -1.72. The summed E-state index contributed by atoms with van der Waals surface area (Å²) in [4.78, 5) is 13.2. The zero-order valence-corrected chi connectivity index (χ0v) is 12.7. The van der Waals surface area contributed by atoms with Gasteiger partial charge in [-0.3, -0.25) is 10.1 Å². The lowest BCUT2D eigenvalue weighted by molar-refractivity contribution is -0.385. The number of benzene rings is 1. The van der Waals surface area contributed by atoms with Crippen molar-refractivity contribution in [3.05, 3.63) is 61.3 Å². The van der Waals surface area contributed by atoms with Crippen LogP contribution < -0.4 is 5.32 Å². The van der Waals surface area contributed by atoms with E-state index in [9.17, 15) is 10.1 Å². The van der Waals surface area contributed by atoms with E-state index >= 15 is 0 Å². The van der Waals surface area contributed by atoms with Crippen LogP contribution in [0.2, 0.25) is 0 Å². The highest BCUT2D eigenvalue weighted by Gasteiger charge is 2.15. The summed E-state index contributed by atoms with van der Waals surface area (Å²) in [6, 6.07) is 9.22. The lowest BCUT2D eigenvalue weighted by atomic mass is 10.1. The number of nitrogens with zero attached hydrogens (tertiary/aromatic N) is 1. The van der Waals surface area contributed by atoms with Crippen molar-refractivity contribution in [1.29, 1.82) is 0 Å². The fourth-order valence-electron chi connectivity index (χ4n) is 2.29. The molecule has 0 saturated heterocycles. The van der Waals surface area contributed by atoms with E-state index in [1.807, 2.05) is 6.07 Å². The van der Waals surface area contributed by atoms with Gasteiger partial charge in [0.15, 0.2) is 0 Å². The Morgan fingerprint density at radius 3 is 2.65 bits per heavy atom. The maximum Gasteiger partial charge on any atom is 0.273 e. The molecule has 4 nitrogen and oxygen atoms in total. The molecule has 1 atom stereocenters. The predicted molar refractivity (Wildman–Crippen MR) is 82.1 cm³/mol. The highest BCUT2D eigenvalue weighted by atomic mass is 32.1. The van der Waals surface area contributed by atoms with Crippen LogP contribution in [0.25, 0.3) is 0 Å². The second-order valence-corrected chi connectivity index (χ2v) is 6.32. The van der Waals surface area contributed by atoms with E-state index in [-0.39, 0.29) is 16.7 Å². The average Bonchev–Trinajstić information content (AvgIpc) is 2.75. The van der Waals surface area contributed by atoms with Crippen LogP contribution in [0.1, 0.15) is 33.8 Å². The van der Waals surface area contributed by atoms with Crippen LogP contribution in [-0.2, 0) is 6.54 Å². The van der Waals surface area contributed by atoms with Crippen LogP contribution in [0.15, 0.2) is 30.3 Å². The molecule has 0 aliphatic carbocycles. The van der Waals surface area contributed by atoms with Gasteiger partial charge in [-0.15, -0.1) is 11.3 Å². The number of para-hydroxylation sites is 1. The molecule has 2 aromatic rings. The second-order valence-electron chi connectivity index (χ2n) is 4.86. The van der Waals surface area contributed by atoms with Crippen LogP contribution in [0.4, 0.5) is 5.69 Å². The Kier molecular flexibility index (Phi) is 4.52. The molecule has 0 aliphatic heterocycles. The Morgan fingerprint density at radius 2 is 2.05 bits per heavy atom. The summed E-state index contributed by atoms with van der Waals surface area (Å²) in [6.07, 6.45) is 0. The molecule has 20 heavy (non-hydrogen) atoms. The molecule has 0 saturated carbocycles. The highest BCUT2D eigenvalue weighted by molar-refractivity contribution is 7.12. The molecule has 2 rings (SSSR count). The topological polar surface area (TPSA) is 55.2 Å². The van der Waals surface area contributed by atoms with Gasteiger partial charge in [0.25, 0.3) is 5.69 Å². The van der Waals surface area contributed by atoms with Gasteiger partial charge < -0.3 is 5.32 Å². The number of thiophene rings is 1. The van der Waals surface area contributed by atoms with Gasteiger partial charge in [-0.25, -0.2) is 0 Å². The summed E-state index contributed by atoms with van der Waals surface area (Å²) >= 11 is 1.78. The summed E-state index contributed by atoms with van der Waals surface area (Å²) < 4.78 is 0. The van der Waals surface area contributed by atoms with Gasteiger partial charge >= 0.3 is 0 Å². The normalized spacial score (nSPS) is 12.3. The molecule has 1 aromatic carbocycles. The van der Waals surface area contributed by atoms with Crippen molar-refractivity contribution in [1.82, 2.24) is 5.32 Å². The van der Waals surface area contributed by atoms with Crippen molar-refractivity contribution in [2.24, 2.45) is 0 Å². The van der Waals surface area contributed by atoms with Crippen molar-refractivity contribution >= 4 is 17.0 Å². The minimum atomic E-state index is -0.332. The Labute approximate surface area is 122 Å². The number of rotatable bonds is 5. The summed E-state index contributed by atoms with van der Waals surface area (Å²) in [5, 5.41) is 14.3. The van der Waals surface area contributed by atoms with Gasteiger partial charge in [0.2, 0.25) is 0 Å². The fraction of sp³-hybridized carbons (Fsp3) is 0.333. The number of nitrogens with one attached hydrogen (secondary N) is 1. The summed E-state index contributed by atoms with van der Waals surface area (Å²) in [6.45, 7) is 6.78. The molecule has 1 unspecified atom stereocenters. The Morgan fingerprint density at radius 1 is 1.35 bits per heavy atom. The highest BCUT2D eigenvalue weighted by Crippen LogP contribution is 2.27. The summed E-state index contributed by atoms with van der Waals surface area (Å²) in [5.74, 6) is 0. The summed E-state index contributed by atoms with van der Waals surface area (Å²) in [7, 11) is 0. The minimum absolute atomic E-state index is 0.172. The lowest BCUT2D eigenvalue weighted by Crippen LogP contribution is -2.18. The van der Waals surface area contributed by atoms with E-state index < -0.39 is 0 Å². The van der Waals surface area contributed by atoms with E-state index in [2.05, 4.69) is 32.2 Å². The van der Waals surface area contributed by atoms with Crippen LogP contribution in [0, 0.1) is 24.0 Å². The number of hydrogen-bond donors (Lipinski definition) is 1.